The lowest BCUT2D eigenvalue weighted by Crippen LogP contribution is -2.22. The van der Waals surface area contributed by atoms with Crippen molar-refractivity contribution in [2.45, 2.75) is 40.0 Å². The van der Waals surface area contributed by atoms with E-state index in [0.717, 1.165) is 12.8 Å². The third kappa shape index (κ3) is 8.52. The lowest BCUT2D eigenvalue weighted by molar-refractivity contribution is -0.142. The van der Waals surface area contributed by atoms with Crippen LogP contribution in [-0.4, -0.2) is 55.9 Å². The minimum atomic E-state index is -0.650. The lowest BCUT2D eigenvalue weighted by Gasteiger charge is -2.18. The molecule has 0 heterocycles. The van der Waals surface area contributed by atoms with Crippen LogP contribution in [0.1, 0.15) is 40.0 Å². The number of carbonyl (C=O) groups is 3. The van der Waals surface area contributed by atoms with Gasteiger partial charge in [0.15, 0.2) is 0 Å². The molecule has 6 nitrogen and oxygen atoms in total. The van der Waals surface area contributed by atoms with Crippen LogP contribution < -0.4 is 0 Å². The molecule has 0 fully saturated rings. The number of esters is 2. The number of likely N-dealkylation sites (N-methyl/N-ethyl adjacent to an activating group) is 1. The Hall–Kier alpha value is -1.82. The molecule has 0 unspecified atom stereocenters. The van der Waals surface area contributed by atoms with E-state index in [4.69, 9.17) is 21.1 Å². The number of alkyl halides is 1. The SMILES string of the molecule is CCOC(=O)C(/C=C/C(=O)N(C)C)=C(\C(=O)OCC)[C@H](C)CCCCCl. The molecule has 0 rings (SSSR count). The van der Waals surface area contributed by atoms with Gasteiger partial charge in [0, 0.05) is 26.1 Å². The molecule has 0 aliphatic carbocycles. The molecular weight excluding hydrogens is 358 g/mol. The van der Waals surface area contributed by atoms with Gasteiger partial charge in [-0.25, -0.2) is 9.59 Å². The van der Waals surface area contributed by atoms with Crippen LogP contribution >= 0.6 is 11.6 Å². The van der Waals surface area contributed by atoms with Gasteiger partial charge in [-0.05, 0) is 38.7 Å². The Labute approximate surface area is 161 Å². The van der Waals surface area contributed by atoms with E-state index in [1.807, 2.05) is 6.92 Å². The molecule has 0 N–H and O–H groups in total. The van der Waals surface area contributed by atoms with E-state index in [1.165, 1.54) is 17.1 Å². The first-order valence-corrected chi connectivity index (χ1v) is 9.37. The number of unbranched alkanes of at least 4 members (excludes halogenated alkanes) is 1. The van der Waals surface area contributed by atoms with Crippen molar-refractivity contribution in [1.82, 2.24) is 4.90 Å². The third-order valence-corrected chi connectivity index (χ3v) is 3.90. The summed E-state index contributed by atoms with van der Waals surface area (Å²) >= 11 is 5.71. The van der Waals surface area contributed by atoms with Crippen molar-refractivity contribution in [3.63, 3.8) is 0 Å². The monoisotopic (exact) mass is 387 g/mol. The quantitative estimate of drug-likeness (QED) is 0.179. The van der Waals surface area contributed by atoms with Gasteiger partial charge in [-0.3, -0.25) is 4.79 Å². The summed E-state index contributed by atoms with van der Waals surface area (Å²) < 4.78 is 10.2. The van der Waals surface area contributed by atoms with Gasteiger partial charge in [0.25, 0.3) is 0 Å². The van der Waals surface area contributed by atoms with Gasteiger partial charge < -0.3 is 14.4 Å². The summed E-state index contributed by atoms with van der Waals surface area (Å²) in [7, 11) is 3.20. The minimum absolute atomic E-state index is 0.0545. The van der Waals surface area contributed by atoms with Crippen molar-refractivity contribution in [3.8, 4) is 0 Å². The third-order valence-electron chi connectivity index (χ3n) is 3.63. The summed E-state index contributed by atoms with van der Waals surface area (Å²) in [5, 5.41) is 0. The maximum absolute atomic E-state index is 12.5. The first-order chi connectivity index (χ1) is 12.3. The number of halogens is 1. The number of carbonyl (C=O) groups excluding carboxylic acids is 3. The van der Waals surface area contributed by atoms with Gasteiger partial charge in [-0.15, -0.1) is 11.6 Å². The molecule has 1 amide bonds. The van der Waals surface area contributed by atoms with Crippen LogP contribution in [0.5, 0.6) is 0 Å². The number of rotatable bonds is 11. The first-order valence-electron chi connectivity index (χ1n) is 8.83. The van der Waals surface area contributed by atoms with Gasteiger partial charge in [-0.2, -0.15) is 0 Å². The molecule has 0 aliphatic heterocycles. The molecule has 0 aliphatic rings. The van der Waals surface area contributed by atoms with Crippen LogP contribution in [-0.2, 0) is 23.9 Å². The van der Waals surface area contributed by atoms with Crippen molar-refractivity contribution in [1.29, 1.82) is 0 Å². The second kappa shape index (κ2) is 13.4. The Bertz CT molecular complexity index is 540. The zero-order chi connectivity index (χ0) is 20.1. The summed E-state index contributed by atoms with van der Waals surface area (Å²) in [4.78, 5) is 38.2. The van der Waals surface area contributed by atoms with Gasteiger partial charge in [0.05, 0.1) is 24.4 Å². The van der Waals surface area contributed by atoms with Crippen molar-refractivity contribution >= 4 is 29.4 Å². The van der Waals surface area contributed by atoms with E-state index in [1.54, 1.807) is 27.9 Å². The zero-order valence-electron chi connectivity index (χ0n) is 16.3. The standard InChI is InChI=1S/C19H30ClNO5/c1-6-25-18(23)15(11-12-16(22)21(4)5)17(19(24)26-7-2)14(3)10-8-9-13-20/h11-12,14H,6-10,13H2,1-5H3/b12-11+,17-15-/t14-/m1/s1. The summed E-state index contributed by atoms with van der Waals surface area (Å²) in [6.07, 6.45) is 4.87. The lowest BCUT2D eigenvalue weighted by atomic mass is 9.90. The van der Waals surface area contributed by atoms with E-state index in [-0.39, 0.29) is 36.2 Å². The number of ether oxygens (including phenoxy) is 2. The maximum Gasteiger partial charge on any atom is 0.338 e. The molecule has 0 radical (unpaired) electrons. The Kier molecular flexibility index (Phi) is 12.5. The normalized spacial score (nSPS) is 13.2. The highest BCUT2D eigenvalue weighted by Gasteiger charge is 2.26. The van der Waals surface area contributed by atoms with E-state index in [0.29, 0.717) is 12.3 Å². The number of hydrogen-bond donors (Lipinski definition) is 0. The smallest absolute Gasteiger partial charge is 0.338 e. The van der Waals surface area contributed by atoms with Crippen molar-refractivity contribution in [2.24, 2.45) is 5.92 Å². The molecule has 0 saturated heterocycles. The van der Waals surface area contributed by atoms with Gasteiger partial charge in [0.2, 0.25) is 5.91 Å². The Morgan fingerprint density at radius 2 is 1.58 bits per heavy atom. The fourth-order valence-electron chi connectivity index (χ4n) is 2.26. The van der Waals surface area contributed by atoms with Crippen molar-refractivity contribution < 1.29 is 23.9 Å². The van der Waals surface area contributed by atoms with Crippen LogP contribution in [0.3, 0.4) is 0 Å². The van der Waals surface area contributed by atoms with Gasteiger partial charge >= 0.3 is 11.9 Å². The van der Waals surface area contributed by atoms with Crippen LogP contribution in [0.25, 0.3) is 0 Å². The molecule has 1 atom stereocenters. The summed E-state index contributed by atoms with van der Waals surface area (Å²) in [5.74, 6) is -1.23. The largest absolute Gasteiger partial charge is 0.463 e. The number of nitrogens with zero attached hydrogens (tertiary/aromatic N) is 1. The fraction of sp³-hybridized carbons (Fsp3) is 0.632. The highest BCUT2D eigenvalue weighted by atomic mass is 35.5. The van der Waals surface area contributed by atoms with Crippen LogP contribution in [0.2, 0.25) is 0 Å². The van der Waals surface area contributed by atoms with E-state index in [2.05, 4.69) is 0 Å². The average Bonchev–Trinajstić information content (AvgIpc) is 2.58. The Morgan fingerprint density at radius 3 is 2.08 bits per heavy atom. The molecule has 0 aromatic heterocycles. The second-order valence-corrected chi connectivity index (χ2v) is 6.30. The predicted octanol–water partition coefficient (Wildman–Crippen LogP) is 3.10. The maximum atomic E-state index is 12.5. The topological polar surface area (TPSA) is 72.9 Å². The Morgan fingerprint density at radius 1 is 1.00 bits per heavy atom. The second-order valence-electron chi connectivity index (χ2n) is 5.92. The van der Waals surface area contributed by atoms with Crippen LogP contribution in [0, 0.1) is 5.92 Å². The van der Waals surface area contributed by atoms with Gasteiger partial charge in [0.1, 0.15) is 0 Å². The predicted molar refractivity (Wildman–Crippen MR) is 102 cm³/mol. The summed E-state index contributed by atoms with van der Waals surface area (Å²) in [6, 6.07) is 0. The van der Waals surface area contributed by atoms with Crippen molar-refractivity contribution in [3.05, 3.63) is 23.3 Å². The fourth-order valence-corrected chi connectivity index (χ4v) is 2.44. The van der Waals surface area contributed by atoms with Crippen LogP contribution in [0.4, 0.5) is 0 Å². The van der Waals surface area contributed by atoms with E-state index >= 15 is 0 Å². The summed E-state index contributed by atoms with van der Waals surface area (Å²) in [6.45, 7) is 5.57. The van der Waals surface area contributed by atoms with Crippen molar-refractivity contribution in [2.75, 3.05) is 33.2 Å². The van der Waals surface area contributed by atoms with Crippen LogP contribution in [0.15, 0.2) is 23.3 Å². The highest BCUT2D eigenvalue weighted by Crippen LogP contribution is 2.24. The molecule has 0 aromatic rings. The summed E-state index contributed by atoms with van der Waals surface area (Å²) in [5.41, 5.74) is 0.279. The number of hydrogen-bond acceptors (Lipinski definition) is 5. The average molecular weight is 388 g/mol. The number of amides is 1. The van der Waals surface area contributed by atoms with Gasteiger partial charge in [-0.1, -0.05) is 13.3 Å². The molecule has 26 heavy (non-hydrogen) atoms. The molecule has 7 heteroatoms. The first kappa shape index (κ1) is 24.2. The highest BCUT2D eigenvalue weighted by molar-refractivity contribution is 6.17. The molecule has 0 spiro atoms. The molecular formula is C19H30ClNO5. The molecule has 0 bridgehead atoms. The zero-order valence-corrected chi connectivity index (χ0v) is 17.1. The molecule has 148 valence electrons. The van der Waals surface area contributed by atoms with E-state index in [9.17, 15) is 14.4 Å². The Balaban J connectivity index is 5.99. The minimum Gasteiger partial charge on any atom is -0.463 e. The van der Waals surface area contributed by atoms with E-state index < -0.39 is 11.9 Å². The molecule has 0 aromatic carbocycles. The molecule has 0 saturated carbocycles.